The first kappa shape index (κ1) is 99.7. The lowest BCUT2D eigenvalue weighted by Crippen LogP contribution is -2.47. The van der Waals surface area contributed by atoms with E-state index in [2.05, 4.69) is 90.5 Å². The number of amides is 3. The van der Waals surface area contributed by atoms with Crippen molar-refractivity contribution in [2.75, 3.05) is 51.4 Å². The first-order valence-corrected chi connectivity index (χ1v) is 39.4. The van der Waals surface area contributed by atoms with Crippen LogP contribution in [0.4, 0.5) is 8.78 Å². The maximum absolute atomic E-state index is 13.5. The van der Waals surface area contributed by atoms with E-state index in [1.807, 2.05) is 13.8 Å². The molecule has 0 aromatic carbocycles. The zero-order chi connectivity index (χ0) is 89.8. The molecule has 12 aliphatic rings. The van der Waals surface area contributed by atoms with Crippen LogP contribution in [0.15, 0.2) is 173 Å². The van der Waals surface area contributed by atoms with E-state index in [4.69, 9.17) is 149 Å². The Morgan fingerprint density at radius 3 is 1.08 bits per heavy atom. The average molecular weight is 1860 g/mol. The number of rotatable bonds is 20. The number of nitrogens with zero attached hydrogens (tertiary/aromatic N) is 15. The van der Waals surface area contributed by atoms with Crippen LogP contribution >= 0.6 is 92.8 Å². The average Bonchev–Trinajstić information content (AvgIpc) is 1.65. The van der Waals surface area contributed by atoms with Crippen molar-refractivity contribution in [2.24, 2.45) is 42.4 Å². The molecule has 42 nitrogen and oxygen atoms in total. The second-order valence-corrected chi connectivity index (χ2v) is 31.2. The first-order valence-electron chi connectivity index (χ1n) is 35.7. The Morgan fingerprint density at radius 2 is 0.750 bits per heavy atom. The van der Waals surface area contributed by atoms with Gasteiger partial charge in [0.15, 0.2) is 60.5 Å². The maximum atomic E-state index is 13.5. The number of aliphatic hydroxyl groups is 12. The summed E-state index contributed by atoms with van der Waals surface area (Å²) in [4.78, 5) is 58.6. The highest BCUT2D eigenvalue weighted by Gasteiger charge is 2.61. The number of azide groups is 2. The molecule has 0 bridgehead atoms. The summed E-state index contributed by atoms with van der Waals surface area (Å²) >= 11 is 48.3. The number of nitrogens with two attached hydrogens (primary N) is 3. The van der Waals surface area contributed by atoms with Gasteiger partial charge in [-0.1, -0.05) is 76.4 Å². The van der Waals surface area contributed by atoms with E-state index in [-0.39, 0.29) is 71.7 Å². The van der Waals surface area contributed by atoms with E-state index in [1.54, 1.807) is 22.1 Å². The maximum Gasteiger partial charge on any atom is 0.287 e. The van der Waals surface area contributed by atoms with Crippen molar-refractivity contribution >= 4 is 128 Å². The third-order valence-corrected chi connectivity index (χ3v) is 23.6. The monoisotopic (exact) mass is 1860 g/mol. The van der Waals surface area contributed by atoms with Crippen molar-refractivity contribution in [2.45, 2.75) is 180 Å². The Balaban J connectivity index is 0.000000198. The molecule has 6 saturated heterocycles. The normalized spacial score (nSPS) is 37.4. The molecule has 12 heterocycles. The smallest absolute Gasteiger partial charge is 0.287 e. The van der Waals surface area contributed by atoms with E-state index < -0.39 is 184 Å². The standard InChI is InChI=1S/C13H20ClN3O3.C13H19ClN2O4.C11H14Cl2FN3O3.C11H13Cl2FN2O4.C10H13ClN6O3.C10H12ClN5O4/c1-3-5-13(7-18)11(19)10(14)12(20-13)17-6-4-9(15)16-8(17)2;1-3-5-13(7-17)11(19)10(14)12(20-13)16-6-4-9(18)15-8(16)2;1-5-16-9(15)6(14)2-17(5)10-7(13)8(19)11(3-12,4-18)20-10;1-5-15-9(19)6(14)2-16(5)10-7(13)8(18)11(3-12,4-17)20-10;1-5-14-6(12)2-3-17(5)9-7(11)8(19)10(4-18,20-9)15-16-13;1-5-13-6(18)2-3-16(5)9-7(11)8(19)10(4-17,20-9)14-15-12/h4,6,10-12,18-19H,2-3,5,7H2,1H3,(H2,15,16);4,6,10-12,17,19H,2-3,5,7H2,1H3,(H,15,18);2,7-8,10,18-19H,1,3-4H2,(H2,15,16);2,7-8,10,17-18H,1,3-4H2,(H,15,19);2-3,7-9,18-19H,1,4H2,(H2,12,14);2-3,7-9,17,19H,1,4H2,(H,13,18)/t2*10-,11+,12-,13-;2*7-,8+,10-,11-;2*7-,8+,9-,10-/m111111/s1. The van der Waals surface area contributed by atoms with E-state index in [9.17, 15) is 84.4 Å². The van der Waals surface area contributed by atoms with Crippen LogP contribution in [0.2, 0.25) is 0 Å². The first-order chi connectivity index (χ1) is 56.5. The zero-order valence-corrected chi connectivity index (χ0v) is 69.7. The molecule has 24 atom stereocenters. The molecule has 12 rings (SSSR count). The van der Waals surface area contributed by atoms with Crippen molar-refractivity contribution in [3.8, 4) is 0 Å². The highest BCUT2D eigenvalue weighted by molar-refractivity contribution is 6.24. The minimum absolute atomic E-state index is 0.0440. The van der Waals surface area contributed by atoms with Gasteiger partial charge in [0.2, 0.25) is 5.83 Å². The molecular weight excluding hydrogens is 1770 g/mol. The molecule has 120 heavy (non-hydrogen) atoms. The number of amidine groups is 3. The van der Waals surface area contributed by atoms with Gasteiger partial charge in [-0.2, -0.15) is 4.39 Å². The second-order valence-electron chi connectivity index (χ2n) is 27.7. The largest absolute Gasteiger partial charge is 0.393 e. The van der Waals surface area contributed by atoms with Gasteiger partial charge in [-0.15, -0.1) is 92.8 Å². The van der Waals surface area contributed by atoms with Crippen LogP contribution in [-0.2, 0) is 42.8 Å². The number of carbonyl (C=O) groups excluding carboxylic acids is 3. The summed E-state index contributed by atoms with van der Waals surface area (Å²) in [5.74, 6) is -2.17. The minimum atomic E-state index is -1.87. The lowest BCUT2D eigenvalue weighted by molar-refractivity contribution is -0.139. The fourth-order valence-electron chi connectivity index (χ4n) is 13.3. The van der Waals surface area contributed by atoms with Gasteiger partial charge in [0.1, 0.15) is 138 Å². The fourth-order valence-corrected chi connectivity index (χ4v) is 16.3. The molecule has 664 valence electrons. The molecule has 0 aliphatic carbocycles. The summed E-state index contributed by atoms with van der Waals surface area (Å²) in [5, 5.41) is 126. The van der Waals surface area contributed by atoms with Crippen LogP contribution in [0.5, 0.6) is 0 Å². The molecule has 0 spiro atoms. The van der Waals surface area contributed by atoms with Gasteiger partial charge in [0, 0.05) is 59.2 Å². The molecule has 0 unspecified atom stereocenters. The number of nitrogens with one attached hydrogen (secondary N) is 3. The summed E-state index contributed by atoms with van der Waals surface area (Å²) in [7, 11) is 0. The van der Waals surface area contributed by atoms with Crippen LogP contribution in [0.25, 0.3) is 20.9 Å². The van der Waals surface area contributed by atoms with Gasteiger partial charge >= 0.3 is 0 Å². The lowest BCUT2D eigenvalue weighted by Gasteiger charge is -2.34. The van der Waals surface area contributed by atoms with Crippen LogP contribution in [0.1, 0.15) is 39.5 Å². The predicted octanol–water partition coefficient (Wildman–Crippen LogP) is 0.684. The van der Waals surface area contributed by atoms with Crippen LogP contribution < -0.4 is 33.2 Å². The van der Waals surface area contributed by atoms with Crippen LogP contribution in [0.3, 0.4) is 0 Å². The highest BCUT2D eigenvalue weighted by atomic mass is 35.5. The summed E-state index contributed by atoms with van der Waals surface area (Å²) in [6, 6.07) is 0. The van der Waals surface area contributed by atoms with Crippen molar-refractivity contribution in [3.05, 3.63) is 168 Å². The number of aliphatic hydroxyl groups excluding tert-OH is 12. The summed E-state index contributed by atoms with van der Waals surface area (Å²) in [6.45, 7) is 22.7. The quantitative estimate of drug-likeness (QED) is 0.0345. The topological polar surface area (TPSA) is 618 Å². The van der Waals surface area contributed by atoms with Gasteiger partial charge in [-0.05, 0) is 36.1 Å². The Hall–Kier alpha value is -7.42. The van der Waals surface area contributed by atoms with Gasteiger partial charge < -0.3 is 152 Å². The third-order valence-electron chi connectivity index (χ3n) is 19.9. The molecule has 0 saturated carbocycles. The van der Waals surface area contributed by atoms with E-state index in [0.717, 1.165) is 30.1 Å². The Kier molecular flexibility index (Phi) is 34.8. The number of hydrogen-bond acceptors (Lipinski definition) is 35. The lowest BCUT2D eigenvalue weighted by atomic mass is 9.92. The van der Waals surface area contributed by atoms with E-state index in [1.165, 1.54) is 51.5 Å². The van der Waals surface area contributed by atoms with Crippen LogP contribution in [-0.4, -0.2) is 317 Å². The number of ether oxygens (including phenoxy) is 6. The van der Waals surface area contributed by atoms with E-state index >= 15 is 0 Å². The van der Waals surface area contributed by atoms with Gasteiger partial charge in [0.25, 0.3) is 17.7 Å². The molecule has 52 heteroatoms. The van der Waals surface area contributed by atoms with Gasteiger partial charge in [-0.25, -0.2) is 19.4 Å². The predicted molar refractivity (Wildman–Crippen MR) is 432 cm³/mol. The number of halogens is 10. The van der Waals surface area contributed by atoms with E-state index in [0.29, 0.717) is 30.3 Å². The Bertz CT molecular complexity index is 4230. The number of carbonyl (C=O) groups is 3. The molecule has 0 radical (unpaired) electrons. The minimum Gasteiger partial charge on any atom is -0.393 e. The Morgan fingerprint density at radius 1 is 0.450 bits per heavy atom. The molecule has 3 amide bonds. The van der Waals surface area contributed by atoms with Gasteiger partial charge in [-0.3, -0.25) is 14.4 Å². The summed E-state index contributed by atoms with van der Waals surface area (Å²) in [5.41, 5.74) is 24.8. The summed E-state index contributed by atoms with van der Waals surface area (Å²) in [6.07, 6.45) is 3.61. The van der Waals surface area contributed by atoms with Crippen molar-refractivity contribution in [3.63, 3.8) is 0 Å². The van der Waals surface area contributed by atoms with Crippen LogP contribution in [0, 0.1) is 0 Å². The third kappa shape index (κ3) is 20.5. The SMILES string of the molecule is C=C1N=C(N)C(F)=CN1[C@@H]1O[C@@](CO)(CCl)[C@@H](O)[C@H]1Cl.C=C1N=C(N)C=CN1[C@@H]1O[C@@](CO)(CCC)[C@@H](O)[C@H]1Cl.C=C1N=C(N)C=CN1[C@@H]1O[C@@](CO)(N=[N+]=[N-])[C@@H](O)[C@H]1Cl.C=C1NC(=O)C(F)=CN1[C@@H]1O[C@@](CO)(CCl)[C@@H](O)[C@H]1Cl.C=C1NC(=O)C=CN1[C@@H]1O[C@@](CO)(CCC)[C@@H](O)[C@H]1Cl.C=C1NC(=O)C=CN1[C@@H]1O[C@@](CO)(N=[N+]=[N-])[C@@H](O)[C@H]1Cl. The zero-order valence-electron chi connectivity index (χ0n) is 63.7. The number of alkyl halides is 8. The molecule has 21 N–H and O–H groups in total. The van der Waals surface area contributed by atoms with Gasteiger partial charge in [0.05, 0.1) is 51.4 Å². The summed E-state index contributed by atoms with van der Waals surface area (Å²) < 4.78 is 60.5. The molecule has 12 aliphatic heterocycles. The van der Waals surface area contributed by atoms with Crippen molar-refractivity contribution < 1.29 is 113 Å². The highest BCUT2D eigenvalue weighted by Crippen LogP contribution is 2.46. The molecule has 6 fully saturated rings. The molecule has 0 aromatic rings. The Labute approximate surface area is 724 Å². The molecular formula is C68H91Cl8F2N21O21. The second kappa shape index (κ2) is 41.8. The molecule has 0 aromatic heterocycles. The van der Waals surface area contributed by atoms with Crippen molar-refractivity contribution in [1.29, 1.82) is 0 Å². The van der Waals surface area contributed by atoms with Crippen molar-refractivity contribution in [1.82, 2.24) is 45.3 Å². The number of hydrogen-bond donors (Lipinski definition) is 18. The fraction of sp³-hybridized carbons (Fsp3) is 0.559. The number of aliphatic imine (C=N–C) groups is 3.